The zero-order valence-corrected chi connectivity index (χ0v) is 19.2. The first-order chi connectivity index (χ1) is 16.3. The van der Waals surface area contributed by atoms with Crippen molar-refractivity contribution in [2.75, 3.05) is 13.2 Å². The van der Waals surface area contributed by atoms with Gasteiger partial charge in [0.15, 0.2) is 17.7 Å². The summed E-state index contributed by atoms with van der Waals surface area (Å²) in [7, 11) is 0. The summed E-state index contributed by atoms with van der Waals surface area (Å²) in [6.45, 7) is 2.36. The van der Waals surface area contributed by atoms with Gasteiger partial charge in [-0.05, 0) is 12.5 Å². The third-order valence-electron chi connectivity index (χ3n) is 6.19. The zero-order chi connectivity index (χ0) is 24.6. The fourth-order valence-corrected chi connectivity index (χ4v) is 4.60. The molecule has 0 radical (unpaired) electrons. The number of hydrogen-bond donors (Lipinski definition) is 2. The second-order valence-electron chi connectivity index (χ2n) is 8.32. The molecular formula is C23H24ClF2N3O5. The molecule has 11 heteroatoms. The highest BCUT2D eigenvalue weighted by Gasteiger charge is 2.45. The van der Waals surface area contributed by atoms with Gasteiger partial charge in [0.2, 0.25) is 5.43 Å². The Morgan fingerprint density at radius 1 is 1.29 bits per heavy atom. The van der Waals surface area contributed by atoms with Gasteiger partial charge in [-0.15, -0.1) is 0 Å². The maximum absolute atomic E-state index is 14.2. The minimum absolute atomic E-state index is 0.0790. The van der Waals surface area contributed by atoms with Gasteiger partial charge < -0.3 is 24.6 Å². The average molecular weight is 496 g/mol. The first-order valence-corrected chi connectivity index (χ1v) is 11.4. The van der Waals surface area contributed by atoms with Crippen LogP contribution in [-0.4, -0.2) is 45.8 Å². The molecule has 8 nitrogen and oxygen atoms in total. The Bertz CT molecular complexity index is 1200. The van der Waals surface area contributed by atoms with Crippen molar-refractivity contribution in [2.24, 2.45) is 0 Å². The molecule has 1 saturated heterocycles. The van der Waals surface area contributed by atoms with Crippen LogP contribution in [0.1, 0.15) is 65.1 Å². The van der Waals surface area contributed by atoms with Gasteiger partial charge in [-0.3, -0.25) is 14.4 Å². The van der Waals surface area contributed by atoms with E-state index in [-0.39, 0.29) is 17.8 Å². The number of carbonyl (C=O) groups is 2. The topological polar surface area (TPSA) is 101 Å². The smallest absolute Gasteiger partial charge is 0.276 e. The van der Waals surface area contributed by atoms with Crippen LogP contribution in [0.3, 0.4) is 0 Å². The quantitative estimate of drug-likeness (QED) is 0.453. The minimum atomic E-state index is -1.02. The molecule has 2 aliphatic rings. The molecule has 0 bridgehead atoms. The fraction of sp³-hybridized carbons (Fsp3) is 0.435. The highest BCUT2D eigenvalue weighted by Crippen LogP contribution is 2.36. The number of nitrogens with zero attached hydrogens (tertiary/aromatic N) is 2. The van der Waals surface area contributed by atoms with Crippen LogP contribution in [0.15, 0.2) is 23.1 Å². The zero-order valence-electron chi connectivity index (χ0n) is 18.4. The lowest BCUT2D eigenvalue weighted by molar-refractivity contribution is -0.0179. The Morgan fingerprint density at radius 2 is 2.06 bits per heavy atom. The molecule has 0 saturated carbocycles. The molecule has 4 rings (SSSR count). The Labute approximate surface area is 199 Å². The number of rotatable bonds is 7. The fourth-order valence-electron chi connectivity index (χ4n) is 4.41. The van der Waals surface area contributed by atoms with Crippen LogP contribution in [0, 0.1) is 11.6 Å². The Balaban J connectivity index is 1.67. The molecule has 2 N–H and O–H groups in total. The normalized spacial score (nSPS) is 19.2. The number of ether oxygens (including phenoxy) is 1. The molecular weight excluding hydrogens is 472 g/mol. The lowest BCUT2D eigenvalue weighted by Gasteiger charge is -2.38. The maximum Gasteiger partial charge on any atom is 0.276 e. The number of benzene rings is 1. The molecule has 2 aromatic rings. The average Bonchev–Trinajstić information content (AvgIpc) is 3.31. The molecule has 2 atom stereocenters. The third kappa shape index (κ3) is 4.16. The van der Waals surface area contributed by atoms with Crippen molar-refractivity contribution in [3.63, 3.8) is 0 Å². The van der Waals surface area contributed by atoms with Gasteiger partial charge in [0.05, 0.1) is 12.6 Å². The van der Waals surface area contributed by atoms with Crippen molar-refractivity contribution in [3.05, 3.63) is 62.0 Å². The van der Waals surface area contributed by atoms with Crippen LogP contribution in [0.2, 0.25) is 5.02 Å². The number of amides is 2. The Morgan fingerprint density at radius 3 is 2.79 bits per heavy atom. The monoisotopic (exact) mass is 495 g/mol. The Kier molecular flexibility index (Phi) is 6.90. The standard InChI is InChI=1S/C23H24ClF2N3O5/c1-2-3-4-5-15-23-28(8-9-34-23)22(33)18-20(31)19(30)13(11-29(15)18)21(32)27-10-12-6-7-14(25)16(24)17(12)26/h6-7,11,15,23,31H,2-5,8-10H2,1H3,(H,27,32)/t15-,23-/m0/s1. The van der Waals surface area contributed by atoms with Gasteiger partial charge in [0.25, 0.3) is 11.8 Å². The van der Waals surface area contributed by atoms with E-state index in [0.717, 1.165) is 31.4 Å². The van der Waals surface area contributed by atoms with Gasteiger partial charge in [-0.25, -0.2) is 8.78 Å². The predicted molar refractivity (Wildman–Crippen MR) is 119 cm³/mol. The van der Waals surface area contributed by atoms with Crippen molar-refractivity contribution in [1.29, 1.82) is 0 Å². The highest BCUT2D eigenvalue weighted by atomic mass is 35.5. The molecule has 3 heterocycles. The summed E-state index contributed by atoms with van der Waals surface area (Å²) in [6.07, 6.45) is 4.02. The van der Waals surface area contributed by atoms with Crippen molar-refractivity contribution in [3.8, 4) is 5.75 Å². The summed E-state index contributed by atoms with van der Waals surface area (Å²) in [4.78, 5) is 40.1. The number of pyridine rings is 1. The van der Waals surface area contributed by atoms with Gasteiger partial charge in [-0.2, -0.15) is 0 Å². The van der Waals surface area contributed by atoms with Crippen molar-refractivity contribution in [2.45, 2.75) is 51.4 Å². The first-order valence-electron chi connectivity index (χ1n) is 11.1. The number of nitrogens with one attached hydrogen (secondary N) is 1. The van der Waals surface area contributed by atoms with E-state index in [4.69, 9.17) is 16.3 Å². The van der Waals surface area contributed by atoms with Crippen LogP contribution in [0.4, 0.5) is 8.78 Å². The Hall–Kier alpha value is -2.98. The lowest BCUT2D eigenvalue weighted by Crippen LogP contribution is -2.49. The van der Waals surface area contributed by atoms with E-state index in [9.17, 15) is 28.3 Å². The summed E-state index contributed by atoms with van der Waals surface area (Å²) in [6, 6.07) is 1.70. The molecule has 182 valence electrons. The number of unbranched alkanes of at least 4 members (excludes halogenated alkanes) is 2. The molecule has 1 fully saturated rings. The maximum atomic E-state index is 14.2. The second kappa shape index (κ2) is 9.71. The van der Waals surface area contributed by atoms with Crippen LogP contribution < -0.4 is 10.7 Å². The van der Waals surface area contributed by atoms with E-state index in [2.05, 4.69) is 12.2 Å². The molecule has 1 aromatic carbocycles. The van der Waals surface area contributed by atoms with Gasteiger partial charge in [0, 0.05) is 24.8 Å². The molecule has 0 spiro atoms. The van der Waals surface area contributed by atoms with Crippen molar-refractivity contribution < 1.29 is 28.2 Å². The summed E-state index contributed by atoms with van der Waals surface area (Å²) in [5, 5.41) is 12.3. The number of aromatic hydroxyl groups is 1. The van der Waals surface area contributed by atoms with E-state index in [1.54, 1.807) is 0 Å². The van der Waals surface area contributed by atoms with E-state index in [1.165, 1.54) is 15.7 Å². The second-order valence-corrected chi connectivity index (χ2v) is 8.69. The van der Waals surface area contributed by atoms with Crippen LogP contribution in [-0.2, 0) is 11.3 Å². The summed E-state index contributed by atoms with van der Waals surface area (Å²) < 4.78 is 34.8. The van der Waals surface area contributed by atoms with Crippen molar-refractivity contribution >= 4 is 23.4 Å². The summed E-state index contributed by atoms with van der Waals surface area (Å²) in [5.41, 5.74) is -1.68. The van der Waals surface area contributed by atoms with Crippen LogP contribution in [0.5, 0.6) is 5.75 Å². The van der Waals surface area contributed by atoms with Crippen LogP contribution in [0.25, 0.3) is 0 Å². The number of halogens is 3. The van der Waals surface area contributed by atoms with Gasteiger partial charge in [0.1, 0.15) is 22.2 Å². The predicted octanol–water partition coefficient (Wildman–Crippen LogP) is 3.35. The number of fused-ring (bicyclic) bond motifs is 2. The van der Waals surface area contributed by atoms with E-state index in [0.29, 0.717) is 19.6 Å². The first kappa shape index (κ1) is 24.2. The minimum Gasteiger partial charge on any atom is -0.503 e. The largest absolute Gasteiger partial charge is 0.503 e. The highest BCUT2D eigenvalue weighted by molar-refractivity contribution is 6.30. The molecule has 0 aliphatic carbocycles. The molecule has 2 aliphatic heterocycles. The molecule has 34 heavy (non-hydrogen) atoms. The van der Waals surface area contributed by atoms with Gasteiger partial charge in [-0.1, -0.05) is 43.9 Å². The van der Waals surface area contributed by atoms with Crippen molar-refractivity contribution in [1.82, 2.24) is 14.8 Å². The SMILES string of the molecule is CCCCC[C@H]1[C@@H]2OCCN2C(=O)c2c(O)c(=O)c(C(=O)NCc3ccc(F)c(Cl)c3F)cn21. The van der Waals surface area contributed by atoms with E-state index < -0.39 is 57.5 Å². The number of aromatic nitrogens is 1. The van der Waals surface area contributed by atoms with E-state index in [1.807, 2.05) is 0 Å². The lowest BCUT2D eigenvalue weighted by atomic mass is 10.0. The number of carbonyl (C=O) groups excluding carboxylic acids is 2. The van der Waals surface area contributed by atoms with Gasteiger partial charge >= 0.3 is 0 Å². The summed E-state index contributed by atoms with van der Waals surface area (Å²) >= 11 is 5.57. The third-order valence-corrected chi connectivity index (χ3v) is 6.54. The number of hydrogen-bond acceptors (Lipinski definition) is 5. The van der Waals surface area contributed by atoms with Crippen LogP contribution >= 0.6 is 11.6 Å². The molecule has 0 unspecified atom stereocenters. The molecule has 2 amide bonds. The summed E-state index contributed by atoms with van der Waals surface area (Å²) in [5.74, 6) is -4.20. The van der Waals surface area contributed by atoms with E-state index >= 15 is 0 Å². The molecule has 1 aromatic heterocycles.